The summed E-state index contributed by atoms with van der Waals surface area (Å²) in [5, 5.41) is 15.0. The van der Waals surface area contributed by atoms with Crippen LogP contribution in [0.4, 0.5) is 0 Å². The number of para-hydroxylation sites is 1. The van der Waals surface area contributed by atoms with E-state index >= 15 is 0 Å². The van der Waals surface area contributed by atoms with Crippen LogP contribution in [0.3, 0.4) is 0 Å². The smallest absolute Gasteiger partial charge is 0.223 e. The quantitative estimate of drug-likeness (QED) is 0.0864. The zero-order valence-electron chi connectivity index (χ0n) is 60.1. The van der Waals surface area contributed by atoms with Crippen molar-refractivity contribution in [3.8, 4) is 78.8 Å². The second-order valence-corrected chi connectivity index (χ2v) is 30.7. The Morgan fingerprint density at radius 2 is 0.614 bits per heavy atom. The van der Waals surface area contributed by atoms with Crippen molar-refractivity contribution in [3.05, 3.63) is 360 Å². The lowest BCUT2D eigenvalue weighted by Crippen LogP contribution is -1.91. The van der Waals surface area contributed by atoms with Crippen LogP contribution in [0.1, 0.15) is 0 Å². The van der Waals surface area contributed by atoms with E-state index < -0.39 is 0 Å². The van der Waals surface area contributed by atoms with Crippen LogP contribution < -0.4 is 0 Å². The minimum Gasteiger partial charge on any atom is -0.451 e. The fourth-order valence-corrected chi connectivity index (χ4v) is 18.4. The monoisotopic (exact) mass is 1580 g/mol. The van der Waals surface area contributed by atoms with Crippen molar-refractivity contribution in [1.82, 2.24) is 39.9 Å². The predicted molar refractivity (Wildman–Crippen MR) is 477 cm³/mol. The van der Waals surface area contributed by atoms with Gasteiger partial charge in [-0.25, -0.2) is 39.9 Å². The summed E-state index contributed by atoms with van der Waals surface area (Å²) in [6.45, 7) is 0. The lowest BCUT2D eigenvalue weighted by atomic mass is 9.98. The number of aromatic nitrogens is 8. The van der Waals surface area contributed by atoms with E-state index in [4.69, 9.17) is 75.2 Å². The first-order valence-corrected chi connectivity index (χ1v) is 39.9. The summed E-state index contributed by atoms with van der Waals surface area (Å²) >= 11 is 29.4. The van der Waals surface area contributed by atoms with Crippen molar-refractivity contribution in [2.24, 2.45) is 0 Å². The van der Waals surface area contributed by atoms with Gasteiger partial charge in [-0.2, -0.15) is 0 Å². The van der Waals surface area contributed by atoms with E-state index in [1.54, 1.807) is 22.7 Å². The number of rotatable bonds is 7. The van der Waals surface area contributed by atoms with Gasteiger partial charge in [0.1, 0.15) is 22.2 Å². The van der Waals surface area contributed by atoms with Crippen LogP contribution in [-0.4, -0.2) is 39.9 Å². The number of halogens is 4. The third-order valence-electron chi connectivity index (χ3n) is 20.4. The topological polar surface area (TPSA) is 129 Å². The first kappa shape index (κ1) is 70.0. The fraction of sp³-hybridized carbons (Fsp3) is 0. The SMILES string of the molecule is Clc1nc(-c2cccc(-c3ccccc3)c2)c2sc3c4ccccc4c4ccccc4c3c2n1.Clc1nc(-c2cccc(-c3ccccc3)c2)nc2c1oc1c3ccccc3c3ccccc3c21.Clc1nc(-c2cccc(-c3ccccc3)c2)nc2c1sc1ccccc12.Clc1nc(-c2ccccc2)nc2c1oc1ccccc12. The predicted octanol–water partition coefficient (Wildman–Crippen LogP) is 29.3. The summed E-state index contributed by atoms with van der Waals surface area (Å²) in [6.07, 6.45) is 0. The molecule has 23 rings (SSSR count). The van der Waals surface area contributed by atoms with Crippen LogP contribution in [0.15, 0.2) is 349 Å². The van der Waals surface area contributed by atoms with Gasteiger partial charge in [-0.1, -0.05) is 338 Å². The van der Waals surface area contributed by atoms with E-state index in [2.05, 4.69) is 208 Å². The first-order valence-electron chi connectivity index (χ1n) is 36.8. The molecule has 540 valence electrons. The maximum Gasteiger partial charge on any atom is 0.223 e. The Hall–Kier alpha value is -13.1. The number of furan rings is 2. The van der Waals surface area contributed by atoms with Crippen molar-refractivity contribution in [1.29, 1.82) is 0 Å². The third kappa shape index (κ3) is 12.9. The average molecular weight is 1580 g/mol. The molecular weight excluding hydrogens is 1530 g/mol. The summed E-state index contributed by atoms with van der Waals surface area (Å²) in [7, 11) is 0. The molecule has 0 unspecified atom stereocenters. The fourth-order valence-electron chi connectivity index (χ4n) is 15.2. The van der Waals surface area contributed by atoms with Gasteiger partial charge in [0.05, 0.1) is 31.5 Å². The number of benzene rings is 15. The van der Waals surface area contributed by atoms with Crippen molar-refractivity contribution >= 4 is 197 Å². The van der Waals surface area contributed by atoms with Gasteiger partial charge >= 0.3 is 0 Å². The van der Waals surface area contributed by atoms with Crippen LogP contribution in [0.2, 0.25) is 20.7 Å². The van der Waals surface area contributed by atoms with Crippen LogP contribution in [0, 0.1) is 0 Å². The molecule has 23 aromatic rings. The Bertz CT molecular complexity index is 7650. The van der Waals surface area contributed by atoms with Crippen LogP contribution in [0.5, 0.6) is 0 Å². The Morgan fingerprint density at radius 3 is 1.19 bits per heavy atom. The van der Waals surface area contributed by atoms with Gasteiger partial charge in [0.2, 0.25) is 5.28 Å². The minimum atomic E-state index is 0.268. The molecule has 8 aromatic heterocycles. The van der Waals surface area contributed by atoms with Gasteiger partial charge in [0.15, 0.2) is 44.1 Å². The number of hydrogen-bond donors (Lipinski definition) is 0. The third-order valence-corrected chi connectivity index (χ3v) is 23.9. The molecule has 0 aliphatic rings. The number of nitrogens with zero attached hydrogens (tertiary/aromatic N) is 8. The first-order chi connectivity index (χ1) is 56.2. The normalized spacial score (nSPS) is 11.5. The number of hydrogen-bond acceptors (Lipinski definition) is 12. The Morgan fingerprint density at radius 1 is 0.219 bits per heavy atom. The molecule has 0 bridgehead atoms. The summed E-state index contributed by atoms with van der Waals surface area (Å²) in [4.78, 5) is 37.4. The standard InChI is InChI=1S/C30H17ClN2O.C30H17ClN2S.C22H13ClN2S.C16H9ClN2O/c31-29-28-26(32-30(33-29)20-12-8-11-19(17-20)18-9-2-1-3-10-18)25-23-15-6-4-13-21(23)22-14-5-7-16-24(22)27(25)34-28;31-30-32-26(20-12-8-11-19(17-20)18-9-2-1-3-10-18)29-27(33-30)25-23-15-6-4-13-21(23)22-14-5-7-16-24(22)28(25)34-29;23-21-20-19(17-11-4-5-12-18(17)26-20)24-22(25-21)16-10-6-9-15(13-16)14-7-2-1-3-8-14;17-15-14-13(11-8-4-5-9-12(11)20-14)18-16(19-15)10-6-2-1-3-7-10/h2*1-17H;1-13H;1-9H. The van der Waals surface area contributed by atoms with Crippen molar-refractivity contribution in [3.63, 3.8) is 0 Å². The highest BCUT2D eigenvalue weighted by Crippen LogP contribution is 2.48. The molecular formula is C98H56Cl4N8O2S2. The van der Waals surface area contributed by atoms with E-state index in [-0.39, 0.29) is 5.28 Å². The molecule has 0 saturated carbocycles. The molecule has 0 N–H and O–H groups in total. The number of fused-ring (bicyclic) bond motifs is 22. The van der Waals surface area contributed by atoms with Gasteiger partial charge in [-0.05, 0) is 114 Å². The van der Waals surface area contributed by atoms with Gasteiger partial charge in [0.25, 0.3) is 0 Å². The summed E-state index contributed by atoms with van der Waals surface area (Å²) in [5.74, 6) is 1.84. The maximum atomic E-state index is 6.70. The summed E-state index contributed by atoms with van der Waals surface area (Å²) in [6, 6.07) is 116. The van der Waals surface area contributed by atoms with E-state index in [0.717, 1.165) is 136 Å². The average Bonchev–Trinajstić information content (AvgIpc) is 1.59. The zero-order chi connectivity index (χ0) is 76.3. The van der Waals surface area contributed by atoms with E-state index in [1.165, 1.54) is 42.1 Å². The lowest BCUT2D eigenvalue weighted by molar-refractivity contribution is 0.666. The van der Waals surface area contributed by atoms with Crippen molar-refractivity contribution in [2.45, 2.75) is 0 Å². The highest BCUT2D eigenvalue weighted by Gasteiger charge is 2.24. The maximum absolute atomic E-state index is 6.70. The Labute approximate surface area is 679 Å². The number of thiophene rings is 2. The molecule has 16 heteroatoms. The largest absolute Gasteiger partial charge is 0.451 e. The van der Waals surface area contributed by atoms with Crippen molar-refractivity contribution < 1.29 is 8.83 Å². The Balaban J connectivity index is 0.000000100. The molecule has 8 heterocycles. The molecule has 10 nitrogen and oxygen atoms in total. The molecule has 114 heavy (non-hydrogen) atoms. The van der Waals surface area contributed by atoms with E-state index in [9.17, 15) is 0 Å². The van der Waals surface area contributed by atoms with Crippen LogP contribution in [-0.2, 0) is 0 Å². The molecule has 0 amide bonds. The van der Waals surface area contributed by atoms with E-state index in [1.807, 2.05) is 152 Å². The minimum absolute atomic E-state index is 0.268. The second-order valence-electron chi connectivity index (χ2n) is 27.3. The van der Waals surface area contributed by atoms with Crippen molar-refractivity contribution in [2.75, 3.05) is 0 Å². The molecule has 15 aromatic carbocycles. The van der Waals surface area contributed by atoms with Gasteiger partial charge in [-0.15, -0.1) is 22.7 Å². The van der Waals surface area contributed by atoms with Gasteiger partial charge in [-0.3, -0.25) is 0 Å². The van der Waals surface area contributed by atoms with Gasteiger partial charge < -0.3 is 8.83 Å². The van der Waals surface area contributed by atoms with Crippen LogP contribution in [0.25, 0.3) is 207 Å². The molecule has 0 atom stereocenters. The molecule has 0 aliphatic carbocycles. The zero-order valence-corrected chi connectivity index (χ0v) is 64.7. The lowest BCUT2D eigenvalue weighted by Gasteiger charge is -2.07. The summed E-state index contributed by atoms with van der Waals surface area (Å²) in [5.41, 5.74) is 17.5. The summed E-state index contributed by atoms with van der Waals surface area (Å²) < 4.78 is 16.4. The second kappa shape index (κ2) is 29.8. The molecule has 0 spiro atoms. The Kier molecular flexibility index (Phi) is 18.3. The van der Waals surface area contributed by atoms with Crippen LogP contribution >= 0.6 is 69.1 Å². The van der Waals surface area contributed by atoms with E-state index in [0.29, 0.717) is 44.1 Å². The molecule has 0 aliphatic heterocycles. The highest BCUT2D eigenvalue weighted by molar-refractivity contribution is 7.27. The molecule has 0 radical (unpaired) electrons. The van der Waals surface area contributed by atoms with Gasteiger partial charge in [0, 0.05) is 58.6 Å². The molecule has 0 fully saturated rings. The molecule has 0 saturated heterocycles. The highest BCUT2D eigenvalue weighted by atomic mass is 35.5.